The van der Waals surface area contributed by atoms with Gasteiger partial charge in [-0.15, -0.1) is 0 Å². The molecule has 0 aromatic heterocycles. The molecule has 0 fully saturated rings. The highest BCUT2D eigenvalue weighted by atomic mass is 19.1. The maximum atomic E-state index is 14.0. The number of ether oxygens (including phenoxy) is 1. The Kier molecular flexibility index (Phi) is 3.53. The summed E-state index contributed by atoms with van der Waals surface area (Å²) in [5.41, 5.74) is 5.64. The van der Waals surface area contributed by atoms with Crippen LogP contribution in [0.3, 0.4) is 0 Å². The molecule has 0 aliphatic carbocycles. The molecule has 1 heterocycles. The first-order valence-corrected chi connectivity index (χ1v) is 5.90. The topological polar surface area (TPSA) is 76.7 Å². The molecule has 5 nitrogen and oxygen atoms in total. The number of carbonyl (C=O) groups is 1. The van der Waals surface area contributed by atoms with Gasteiger partial charge in [0.05, 0.1) is 6.61 Å². The number of halogens is 1. The van der Waals surface area contributed by atoms with Crippen LogP contribution in [0.15, 0.2) is 23.2 Å². The molecule has 0 bridgehead atoms. The molecule has 0 radical (unpaired) electrons. The Labute approximate surface area is 110 Å². The van der Waals surface area contributed by atoms with Gasteiger partial charge in [0.25, 0.3) is 0 Å². The molecule has 1 aliphatic rings. The van der Waals surface area contributed by atoms with E-state index in [2.05, 4.69) is 10.3 Å². The van der Waals surface area contributed by atoms with Gasteiger partial charge in [-0.25, -0.2) is 4.39 Å². The molecule has 1 aromatic rings. The highest BCUT2D eigenvalue weighted by Crippen LogP contribution is 2.32. The number of amides is 1. The number of amidine groups is 1. The van der Waals surface area contributed by atoms with Gasteiger partial charge in [0, 0.05) is 18.2 Å². The molecule has 1 amide bonds. The van der Waals surface area contributed by atoms with Crippen LogP contribution in [-0.4, -0.2) is 25.0 Å². The Balaban J connectivity index is 2.43. The fourth-order valence-corrected chi connectivity index (χ4v) is 2.09. The number of aliphatic imine (C=N–C) groups is 1. The molecule has 1 aliphatic heterocycles. The molecule has 1 aromatic carbocycles. The van der Waals surface area contributed by atoms with Gasteiger partial charge in [0.15, 0.2) is 0 Å². The summed E-state index contributed by atoms with van der Waals surface area (Å²) in [5.74, 6) is -0.289. The van der Waals surface area contributed by atoms with Crippen molar-refractivity contribution >= 4 is 17.4 Å². The van der Waals surface area contributed by atoms with E-state index in [1.165, 1.54) is 19.1 Å². The van der Waals surface area contributed by atoms with E-state index >= 15 is 0 Å². The van der Waals surface area contributed by atoms with Crippen molar-refractivity contribution < 1.29 is 13.9 Å². The molecule has 2 rings (SSSR count). The number of nitrogens with zero attached hydrogens (tertiary/aromatic N) is 1. The number of benzene rings is 1. The van der Waals surface area contributed by atoms with Gasteiger partial charge < -0.3 is 15.8 Å². The molecular formula is C13H16FN3O2. The number of hydrogen-bond donors (Lipinski definition) is 2. The van der Waals surface area contributed by atoms with Crippen molar-refractivity contribution in [3.8, 4) is 0 Å². The minimum absolute atomic E-state index is 0.217. The molecule has 3 N–H and O–H groups in total. The molecular weight excluding hydrogens is 249 g/mol. The van der Waals surface area contributed by atoms with Gasteiger partial charge in [-0.1, -0.05) is 0 Å². The lowest BCUT2D eigenvalue weighted by atomic mass is 9.92. The minimum atomic E-state index is -0.874. The lowest BCUT2D eigenvalue weighted by Crippen LogP contribution is -2.38. The Morgan fingerprint density at radius 1 is 1.58 bits per heavy atom. The third kappa shape index (κ3) is 2.90. The average Bonchev–Trinajstić information content (AvgIpc) is 2.30. The monoisotopic (exact) mass is 265 g/mol. The summed E-state index contributed by atoms with van der Waals surface area (Å²) in [7, 11) is 0. The fraction of sp³-hybridized carbons (Fsp3) is 0.385. The smallest absolute Gasteiger partial charge is 0.221 e. The highest BCUT2D eigenvalue weighted by Gasteiger charge is 2.32. The molecule has 1 atom stereocenters. The lowest BCUT2D eigenvalue weighted by Gasteiger charge is -2.30. The van der Waals surface area contributed by atoms with Gasteiger partial charge in [0.1, 0.15) is 23.8 Å². The normalized spacial score (nSPS) is 22.8. The van der Waals surface area contributed by atoms with Gasteiger partial charge in [-0.05, 0) is 25.1 Å². The second-order valence-electron chi connectivity index (χ2n) is 4.75. The van der Waals surface area contributed by atoms with E-state index in [-0.39, 0.29) is 19.1 Å². The zero-order valence-electron chi connectivity index (χ0n) is 10.9. The van der Waals surface area contributed by atoms with Gasteiger partial charge in [-0.2, -0.15) is 0 Å². The third-order valence-electron chi connectivity index (χ3n) is 2.89. The van der Waals surface area contributed by atoms with Crippen molar-refractivity contribution in [3.63, 3.8) is 0 Å². The Morgan fingerprint density at radius 2 is 2.32 bits per heavy atom. The quantitative estimate of drug-likeness (QED) is 0.848. The minimum Gasteiger partial charge on any atom is -0.386 e. The summed E-state index contributed by atoms with van der Waals surface area (Å²) in [6.45, 7) is 3.64. The number of nitrogens with one attached hydrogen (secondary N) is 1. The second-order valence-corrected chi connectivity index (χ2v) is 4.75. The van der Waals surface area contributed by atoms with Crippen LogP contribution in [-0.2, 0) is 15.1 Å². The van der Waals surface area contributed by atoms with Crippen molar-refractivity contribution in [1.82, 2.24) is 0 Å². The van der Waals surface area contributed by atoms with Crippen molar-refractivity contribution in [1.29, 1.82) is 0 Å². The molecule has 0 saturated heterocycles. The van der Waals surface area contributed by atoms with E-state index in [0.717, 1.165) is 0 Å². The summed E-state index contributed by atoms with van der Waals surface area (Å²) < 4.78 is 19.3. The van der Waals surface area contributed by atoms with E-state index in [4.69, 9.17) is 10.5 Å². The van der Waals surface area contributed by atoms with E-state index in [0.29, 0.717) is 17.1 Å². The van der Waals surface area contributed by atoms with Crippen molar-refractivity contribution in [2.45, 2.75) is 19.4 Å². The number of nitrogens with two attached hydrogens (primary N) is 1. The predicted octanol–water partition coefficient (Wildman–Crippen LogP) is 1.39. The highest BCUT2D eigenvalue weighted by molar-refractivity contribution is 5.88. The molecule has 1 unspecified atom stereocenters. The Hall–Kier alpha value is -1.95. The third-order valence-corrected chi connectivity index (χ3v) is 2.89. The fourth-order valence-electron chi connectivity index (χ4n) is 2.09. The number of hydrogen-bond acceptors (Lipinski definition) is 4. The zero-order chi connectivity index (χ0) is 14.0. The summed E-state index contributed by atoms with van der Waals surface area (Å²) in [5, 5.41) is 2.61. The number of rotatable bonds is 2. The first kappa shape index (κ1) is 13.5. The van der Waals surface area contributed by atoms with E-state index in [1.807, 2.05) is 0 Å². The average molecular weight is 265 g/mol. The van der Waals surface area contributed by atoms with Crippen molar-refractivity contribution in [3.05, 3.63) is 29.6 Å². The summed E-state index contributed by atoms with van der Waals surface area (Å²) >= 11 is 0. The predicted molar refractivity (Wildman–Crippen MR) is 70.5 cm³/mol. The molecule has 0 saturated carbocycles. The molecule has 19 heavy (non-hydrogen) atoms. The summed E-state index contributed by atoms with van der Waals surface area (Å²) in [6, 6.07) is 4.36. The first-order valence-electron chi connectivity index (χ1n) is 5.90. The lowest BCUT2D eigenvalue weighted by molar-refractivity contribution is -0.114. The second kappa shape index (κ2) is 4.97. The van der Waals surface area contributed by atoms with Crippen LogP contribution >= 0.6 is 0 Å². The summed E-state index contributed by atoms with van der Waals surface area (Å²) in [4.78, 5) is 15.3. The summed E-state index contributed by atoms with van der Waals surface area (Å²) in [6.07, 6.45) is 0. The van der Waals surface area contributed by atoms with Crippen LogP contribution < -0.4 is 11.1 Å². The van der Waals surface area contributed by atoms with Crippen LogP contribution in [0.4, 0.5) is 10.1 Å². The van der Waals surface area contributed by atoms with Crippen LogP contribution in [0.1, 0.15) is 19.4 Å². The van der Waals surface area contributed by atoms with E-state index < -0.39 is 11.4 Å². The molecule has 0 spiro atoms. The zero-order valence-corrected chi connectivity index (χ0v) is 10.9. The van der Waals surface area contributed by atoms with Crippen LogP contribution in [0.5, 0.6) is 0 Å². The van der Waals surface area contributed by atoms with Gasteiger partial charge >= 0.3 is 0 Å². The SMILES string of the molecule is CC(=O)Nc1ccc(F)c(C2(C)COCC(N)=N2)c1. The largest absolute Gasteiger partial charge is 0.386 e. The van der Waals surface area contributed by atoms with Gasteiger partial charge in [-0.3, -0.25) is 9.79 Å². The standard InChI is InChI=1S/C13H16FN3O2/c1-8(18)16-9-3-4-11(14)10(5-9)13(2)7-19-6-12(15)17-13/h3-5H,6-7H2,1-2H3,(H2,15,17)(H,16,18). The van der Waals surface area contributed by atoms with Gasteiger partial charge in [0.2, 0.25) is 5.91 Å². The Morgan fingerprint density at radius 3 is 2.95 bits per heavy atom. The maximum Gasteiger partial charge on any atom is 0.221 e. The van der Waals surface area contributed by atoms with Crippen LogP contribution in [0, 0.1) is 5.82 Å². The molecule has 102 valence electrons. The number of carbonyl (C=O) groups excluding carboxylic acids is 1. The van der Waals surface area contributed by atoms with Crippen molar-refractivity contribution in [2.24, 2.45) is 10.7 Å². The van der Waals surface area contributed by atoms with Crippen molar-refractivity contribution in [2.75, 3.05) is 18.5 Å². The molecule has 6 heteroatoms. The first-order chi connectivity index (χ1) is 8.90. The van der Waals surface area contributed by atoms with Crippen LogP contribution in [0.2, 0.25) is 0 Å². The van der Waals surface area contributed by atoms with Crippen LogP contribution in [0.25, 0.3) is 0 Å². The van der Waals surface area contributed by atoms with E-state index in [9.17, 15) is 9.18 Å². The van der Waals surface area contributed by atoms with E-state index in [1.54, 1.807) is 13.0 Å². The number of anilines is 1. The maximum absolute atomic E-state index is 14.0. The Bertz CT molecular complexity index is 545.